The molecule has 1 aliphatic carbocycles. The molecule has 42 heavy (non-hydrogen) atoms. The lowest BCUT2D eigenvalue weighted by Crippen LogP contribution is -2.44. The minimum atomic E-state index is -0.217. The summed E-state index contributed by atoms with van der Waals surface area (Å²) in [5, 5.41) is 1.14. The third-order valence-electron chi connectivity index (χ3n) is 7.65. The number of ether oxygens (including phenoxy) is 4. The van der Waals surface area contributed by atoms with Crippen LogP contribution in [0.1, 0.15) is 34.3 Å². The fourth-order valence-electron chi connectivity index (χ4n) is 5.18. The summed E-state index contributed by atoms with van der Waals surface area (Å²) < 4.78 is 21.6. The molecule has 1 heterocycles. The van der Waals surface area contributed by atoms with Crippen molar-refractivity contribution in [2.24, 2.45) is 0 Å². The van der Waals surface area contributed by atoms with Gasteiger partial charge in [0.25, 0.3) is 5.91 Å². The maximum absolute atomic E-state index is 14.0. The molecule has 220 valence electrons. The molecular weight excluding hydrogens is 534 g/mol. The second-order valence-corrected chi connectivity index (χ2v) is 10.4. The Morgan fingerprint density at radius 3 is 2.24 bits per heavy atom. The number of para-hydroxylation sites is 1. The molecule has 4 aromatic rings. The average Bonchev–Trinajstić information content (AvgIpc) is 3.80. The fraction of sp³-hybridized carbons (Fsp3) is 0.333. The van der Waals surface area contributed by atoms with Gasteiger partial charge in [0.1, 0.15) is 18.0 Å². The van der Waals surface area contributed by atoms with E-state index in [1.54, 1.807) is 51.5 Å². The molecule has 0 saturated heterocycles. The first-order valence-electron chi connectivity index (χ1n) is 14.0. The van der Waals surface area contributed by atoms with Gasteiger partial charge in [-0.05, 0) is 60.7 Å². The van der Waals surface area contributed by atoms with Crippen LogP contribution in [0.3, 0.4) is 0 Å². The number of hydrogen-bond acceptors (Lipinski definition) is 6. The summed E-state index contributed by atoms with van der Waals surface area (Å²) in [6, 6.07) is 18.9. The van der Waals surface area contributed by atoms with E-state index in [1.165, 1.54) is 0 Å². The summed E-state index contributed by atoms with van der Waals surface area (Å²) in [7, 11) is 6.28. The zero-order chi connectivity index (χ0) is 29.6. The smallest absolute Gasteiger partial charge is 0.254 e. The summed E-state index contributed by atoms with van der Waals surface area (Å²) in [6.45, 7) is 0.820. The Bertz CT molecular complexity index is 1540. The largest absolute Gasteiger partial charge is 0.497 e. The number of carbonyl (C=O) groups is 2. The molecular formula is C33H37N3O6. The standard InChI is InChI=1S/C33H37N3O6/c1-39-26-16-24(17-27(18-26)40-2)33(38)36(25-10-11-25)21-32(37)35(20-22-9-12-30(41-3)31(15-22)42-4)14-13-23-19-34-29-8-6-5-7-28(23)29/h5-9,12,15-19,25,34H,10-11,13-14,20-21H2,1-4H3. The number of benzene rings is 3. The fourth-order valence-corrected chi connectivity index (χ4v) is 5.18. The number of fused-ring (bicyclic) bond motifs is 1. The normalized spacial score (nSPS) is 12.6. The Kier molecular flexibility index (Phi) is 8.85. The van der Waals surface area contributed by atoms with Gasteiger partial charge in [0.15, 0.2) is 11.5 Å². The number of H-pyrrole nitrogens is 1. The number of carbonyl (C=O) groups excluding carboxylic acids is 2. The topological polar surface area (TPSA) is 93.3 Å². The molecule has 9 nitrogen and oxygen atoms in total. The molecule has 2 amide bonds. The second kappa shape index (κ2) is 12.9. The third kappa shape index (κ3) is 6.46. The van der Waals surface area contributed by atoms with Gasteiger partial charge in [-0.25, -0.2) is 0 Å². The van der Waals surface area contributed by atoms with Crippen LogP contribution >= 0.6 is 0 Å². The predicted molar refractivity (Wildman–Crippen MR) is 161 cm³/mol. The molecule has 0 radical (unpaired) electrons. The molecule has 1 N–H and O–H groups in total. The Hall–Kier alpha value is -4.66. The number of amides is 2. The Morgan fingerprint density at radius 1 is 0.857 bits per heavy atom. The van der Waals surface area contributed by atoms with E-state index < -0.39 is 0 Å². The maximum Gasteiger partial charge on any atom is 0.254 e. The highest BCUT2D eigenvalue weighted by atomic mass is 16.5. The molecule has 1 aromatic heterocycles. The number of nitrogens with zero attached hydrogens (tertiary/aromatic N) is 2. The molecule has 0 atom stereocenters. The lowest BCUT2D eigenvalue weighted by Gasteiger charge is -2.28. The minimum Gasteiger partial charge on any atom is -0.497 e. The molecule has 1 fully saturated rings. The highest BCUT2D eigenvalue weighted by Gasteiger charge is 2.35. The highest BCUT2D eigenvalue weighted by molar-refractivity contribution is 5.97. The Balaban J connectivity index is 1.40. The first-order valence-corrected chi connectivity index (χ1v) is 14.0. The predicted octanol–water partition coefficient (Wildman–Crippen LogP) is 5.08. The highest BCUT2D eigenvalue weighted by Crippen LogP contribution is 2.31. The first-order chi connectivity index (χ1) is 20.4. The van der Waals surface area contributed by atoms with E-state index in [9.17, 15) is 9.59 Å². The number of aromatic nitrogens is 1. The van der Waals surface area contributed by atoms with Crippen LogP contribution in [0, 0.1) is 0 Å². The van der Waals surface area contributed by atoms with Crippen LogP contribution in [0.15, 0.2) is 66.9 Å². The van der Waals surface area contributed by atoms with Crippen LogP contribution in [0.4, 0.5) is 0 Å². The van der Waals surface area contributed by atoms with Gasteiger partial charge in [0.2, 0.25) is 5.91 Å². The van der Waals surface area contributed by atoms with Gasteiger partial charge in [-0.3, -0.25) is 9.59 Å². The van der Waals surface area contributed by atoms with Gasteiger partial charge >= 0.3 is 0 Å². The van der Waals surface area contributed by atoms with E-state index in [0.717, 1.165) is 34.9 Å². The van der Waals surface area contributed by atoms with Crippen molar-refractivity contribution in [3.63, 3.8) is 0 Å². The van der Waals surface area contributed by atoms with Crippen LogP contribution in [-0.2, 0) is 17.8 Å². The van der Waals surface area contributed by atoms with Crippen LogP contribution in [0.25, 0.3) is 10.9 Å². The van der Waals surface area contributed by atoms with Crippen molar-refractivity contribution in [3.8, 4) is 23.0 Å². The number of rotatable bonds is 13. The van der Waals surface area contributed by atoms with Crippen molar-refractivity contribution in [1.29, 1.82) is 0 Å². The van der Waals surface area contributed by atoms with Gasteiger partial charge < -0.3 is 33.7 Å². The van der Waals surface area contributed by atoms with Gasteiger partial charge in [0.05, 0.1) is 28.4 Å². The SMILES string of the molecule is COc1cc(OC)cc(C(=O)N(CC(=O)N(CCc2c[nH]c3ccccc23)Cc2ccc(OC)c(OC)c2)C2CC2)c1. The van der Waals surface area contributed by atoms with Crippen LogP contribution in [0.2, 0.25) is 0 Å². The maximum atomic E-state index is 14.0. The number of aromatic amines is 1. The minimum absolute atomic E-state index is 0.0233. The number of hydrogen-bond donors (Lipinski definition) is 1. The van der Waals surface area contributed by atoms with E-state index in [0.29, 0.717) is 48.1 Å². The van der Waals surface area contributed by atoms with Gasteiger partial charge in [-0.1, -0.05) is 24.3 Å². The summed E-state index contributed by atoms with van der Waals surface area (Å²) >= 11 is 0. The molecule has 3 aromatic carbocycles. The van der Waals surface area contributed by atoms with Crippen molar-refractivity contribution in [2.75, 3.05) is 41.5 Å². The summed E-state index contributed by atoms with van der Waals surface area (Å²) in [5.74, 6) is 1.92. The second-order valence-electron chi connectivity index (χ2n) is 10.4. The first kappa shape index (κ1) is 28.9. The molecule has 5 rings (SSSR count). The van der Waals surface area contributed by atoms with E-state index in [4.69, 9.17) is 18.9 Å². The summed E-state index contributed by atoms with van der Waals surface area (Å²) in [5.41, 5.74) is 3.52. The van der Waals surface area contributed by atoms with Crippen molar-refractivity contribution >= 4 is 22.7 Å². The van der Waals surface area contributed by atoms with Crippen LogP contribution in [0.5, 0.6) is 23.0 Å². The van der Waals surface area contributed by atoms with Crippen molar-refractivity contribution in [3.05, 3.63) is 83.6 Å². The van der Waals surface area contributed by atoms with Gasteiger partial charge in [-0.15, -0.1) is 0 Å². The zero-order valence-electron chi connectivity index (χ0n) is 24.5. The molecule has 0 aliphatic heterocycles. The molecule has 1 saturated carbocycles. The van der Waals surface area contributed by atoms with Gasteiger partial charge in [-0.2, -0.15) is 0 Å². The summed E-state index contributed by atoms with van der Waals surface area (Å²) in [6.07, 6.45) is 4.39. The zero-order valence-corrected chi connectivity index (χ0v) is 24.5. The number of nitrogens with one attached hydrogen (secondary N) is 1. The van der Waals surface area contributed by atoms with Crippen molar-refractivity contribution < 1.29 is 28.5 Å². The van der Waals surface area contributed by atoms with Crippen molar-refractivity contribution in [2.45, 2.75) is 31.8 Å². The van der Waals surface area contributed by atoms with Crippen LogP contribution in [-0.4, -0.2) is 74.2 Å². The Labute approximate surface area is 245 Å². The van der Waals surface area contributed by atoms with E-state index in [1.807, 2.05) is 47.5 Å². The number of methoxy groups -OCH3 is 4. The Morgan fingerprint density at radius 2 is 1.57 bits per heavy atom. The molecule has 0 spiro atoms. The lowest BCUT2D eigenvalue weighted by atomic mass is 10.1. The quantitative estimate of drug-likeness (QED) is 0.241. The lowest BCUT2D eigenvalue weighted by molar-refractivity contribution is -0.132. The average molecular weight is 572 g/mol. The van der Waals surface area contributed by atoms with E-state index >= 15 is 0 Å². The van der Waals surface area contributed by atoms with Crippen LogP contribution < -0.4 is 18.9 Å². The monoisotopic (exact) mass is 571 g/mol. The molecule has 0 bridgehead atoms. The van der Waals surface area contributed by atoms with Crippen molar-refractivity contribution in [1.82, 2.24) is 14.8 Å². The molecule has 9 heteroatoms. The molecule has 1 aliphatic rings. The van der Waals surface area contributed by atoms with E-state index in [-0.39, 0.29) is 24.4 Å². The summed E-state index contributed by atoms with van der Waals surface area (Å²) in [4.78, 5) is 34.5. The molecule has 0 unspecified atom stereocenters. The van der Waals surface area contributed by atoms with Gasteiger partial charge in [0, 0.05) is 47.9 Å². The van der Waals surface area contributed by atoms with E-state index in [2.05, 4.69) is 11.1 Å². The third-order valence-corrected chi connectivity index (χ3v) is 7.65.